The van der Waals surface area contributed by atoms with Crippen LogP contribution in [0.15, 0.2) is 48.7 Å². The molecule has 33 heavy (non-hydrogen) atoms. The van der Waals surface area contributed by atoms with Crippen molar-refractivity contribution in [2.75, 3.05) is 20.2 Å². The number of nitrogens with one attached hydrogen (secondary N) is 1. The predicted molar refractivity (Wildman–Crippen MR) is 132 cm³/mol. The summed E-state index contributed by atoms with van der Waals surface area (Å²) in [5.41, 5.74) is 3.11. The molecule has 2 aromatic heterocycles. The average molecular weight is 502 g/mol. The van der Waals surface area contributed by atoms with Crippen molar-refractivity contribution in [2.24, 2.45) is 0 Å². The van der Waals surface area contributed by atoms with Gasteiger partial charge in [0.1, 0.15) is 12.2 Å². The summed E-state index contributed by atoms with van der Waals surface area (Å²) in [6.07, 6.45) is 2.50. The molecule has 6 nitrogen and oxygen atoms in total. The van der Waals surface area contributed by atoms with Crippen molar-refractivity contribution in [3.63, 3.8) is 0 Å². The third-order valence-corrected chi connectivity index (χ3v) is 7.04. The molecule has 4 rings (SSSR count). The maximum absolute atomic E-state index is 13.6. The first-order chi connectivity index (χ1) is 15.9. The molecule has 0 spiro atoms. The lowest BCUT2D eigenvalue weighted by Gasteiger charge is -2.21. The van der Waals surface area contributed by atoms with Crippen LogP contribution in [0.4, 0.5) is 0 Å². The predicted octanol–water partition coefficient (Wildman–Crippen LogP) is 5.76. The van der Waals surface area contributed by atoms with Gasteiger partial charge in [0.05, 0.1) is 27.0 Å². The van der Waals surface area contributed by atoms with Crippen LogP contribution in [0.5, 0.6) is 0 Å². The van der Waals surface area contributed by atoms with Gasteiger partial charge in [0.2, 0.25) is 0 Å². The Morgan fingerprint density at radius 1 is 1.15 bits per heavy atom. The van der Waals surface area contributed by atoms with Gasteiger partial charge in [-0.05, 0) is 42.7 Å². The Bertz CT molecular complexity index is 1330. The number of aromatic nitrogens is 2. The third kappa shape index (κ3) is 5.05. The average Bonchev–Trinajstić information content (AvgIpc) is 3.41. The molecule has 1 amide bonds. The van der Waals surface area contributed by atoms with E-state index in [1.165, 1.54) is 23.3 Å². The highest BCUT2D eigenvalue weighted by Crippen LogP contribution is 2.35. The van der Waals surface area contributed by atoms with Crippen molar-refractivity contribution in [3.05, 3.63) is 75.0 Å². The molecule has 0 bridgehead atoms. The fraction of sp³-hybridized carbons (Fsp3) is 0.208. The smallest absolute Gasteiger partial charge is 0.325 e. The molecule has 0 saturated carbocycles. The SMILES string of the molecule is COC(=O)CN(CCc1c[nH]c2ccccc12)C(=O)c1nc(C)sc1-c1ccc(Cl)c(Cl)c1. The maximum Gasteiger partial charge on any atom is 0.325 e. The molecule has 2 aromatic carbocycles. The number of hydrogen-bond acceptors (Lipinski definition) is 5. The Labute approximate surface area is 205 Å². The van der Waals surface area contributed by atoms with Crippen LogP contribution in [0.3, 0.4) is 0 Å². The van der Waals surface area contributed by atoms with Gasteiger partial charge >= 0.3 is 5.97 Å². The maximum atomic E-state index is 13.6. The zero-order chi connectivity index (χ0) is 23.5. The van der Waals surface area contributed by atoms with Gasteiger partial charge in [0, 0.05) is 23.6 Å². The molecular formula is C24H21Cl2N3O3S. The minimum absolute atomic E-state index is 0.172. The van der Waals surface area contributed by atoms with Gasteiger partial charge in [0.15, 0.2) is 0 Å². The summed E-state index contributed by atoms with van der Waals surface area (Å²) in [5.74, 6) is -0.837. The lowest BCUT2D eigenvalue weighted by Crippen LogP contribution is -2.38. The van der Waals surface area contributed by atoms with E-state index in [1.807, 2.05) is 37.4 Å². The van der Waals surface area contributed by atoms with Crippen molar-refractivity contribution in [1.82, 2.24) is 14.9 Å². The van der Waals surface area contributed by atoms with E-state index in [4.69, 9.17) is 27.9 Å². The summed E-state index contributed by atoms with van der Waals surface area (Å²) < 4.78 is 4.83. The van der Waals surface area contributed by atoms with Crippen LogP contribution >= 0.6 is 34.5 Å². The van der Waals surface area contributed by atoms with Crippen LogP contribution in [0.25, 0.3) is 21.3 Å². The first-order valence-electron chi connectivity index (χ1n) is 10.2. The molecule has 4 aromatic rings. The number of carbonyl (C=O) groups excluding carboxylic acids is 2. The molecule has 0 aliphatic carbocycles. The second kappa shape index (κ2) is 9.95. The van der Waals surface area contributed by atoms with Crippen molar-refractivity contribution in [2.45, 2.75) is 13.3 Å². The van der Waals surface area contributed by atoms with Crippen molar-refractivity contribution in [3.8, 4) is 10.4 Å². The summed E-state index contributed by atoms with van der Waals surface area (Å²) in [5, 5.41) is 2.64. The summed E-state index contributed by atoms with van der Waals surface area (Å²) in [6.45, 7) is 1.99. The summed E-state index contributed by atoms with van der Waals surface area (Å²) in [4.78, 5) is 35.6. The molecule has 0 aliphatic rings. The Kier molecular flexibility index (Phi) is 7.02. The number of methoxy groups -OCH3 is 1. The Morgan fingerprint density at radius 2 is 1.94 bits per heavy atom. The van der Waals surface area contributed by atoms with Gasteiger partial charge in [-0.2, -0.15) is 0 Å². The molecule has 0 unspecified atom stereocenters. The number of rotatable bonds is 7. The Hall–Kier alpha value is -2.87. The van der Waals surface area contributed by atoms with Crippen LogP contribution < -0.4 is 0 Å². The minimum Gasteiger partial charge on any atom is -0.468 e. The van der Waals surface area contributed by atoms with Crippen LogP contribution in [0.2, 0.25) is 10.0 Å². The van der Waals surface area contributed by atoms with E-state index in [1.54, 1.807) is 18.2 Å². The largest absolute Gasteiger partial charge is 0.468 e. The van der Waals surface area contributed by atoms with E-state index in [2.05, 4.69) is 9.97 Å². The number of thiazole rings is 1. The first kappa shape index (κ1) is 23.3. The molecule has 9 heteroatoms. The number of carbonyl (C=O) groups is 2. The van der Waals surface area contributed by atoms with Crippen LogP contribution in [0, 0.1) is 6.92 Å². The summed E-state index contributed by atoms with van der Waals surface area (Å²) >= 11 is 13.6. The van der Waals surface area contributed by atoms with Crippen LogP contribution in [0.1, 0.15) is 21.1 Å². The number of amides is 1. The minimum atomic E-state index is -0.495. The summed E-state index contributed by atoms with van der Waals surface area (Å²) in [7, 11) is 1.30. The number of hydrogen-bond donors (Lipinski definition) is 1. The number of halogens is 2. The molecule has 0 radical (unpaired) electrons. The van der Waals surface area contributed by atoms with Crippen molar-refractivity contribution < 1.29 is 14.3 Å². The fourth-order valence-electron chi connectivity index (χ4n) is 3.62. The van der Waals surface area contributed by atoms with Gasteiger partial charge in [-0.1, -0.05) is 47.5 Å². The number of H-pyrrole nitrogens is 1. The topological polar surface area (TPSA) is 75.3 Å². The molecule has 0 aliphatic heterocycles. The van der Waals surface area contributed by atoms with Crippen LogP contribution in [-0.2, 0) is 16.0 Å². The third-order valence-electron chi connectivity index (χ3n) is 5.28. The Balaban J connectivity index is 1.64. The number of ether oxygens (including phenoxy) is 1. The second-order valence-corrected chi connectivity index (χ2v) is 9.47. The number of aromatic amines is 1. The number of benzene rings is 2. The van der Waals surface area contributed by atoms with Gasteiger partial charge in [0.25, 0.3) is 5.91 Å². The van der Waals surface area contributed by atoms with Crippen LogP contribution in [-0.4, -0.2) is 46.9 Å². The van der Waals surface area contributed by atoms with E-state index in [0.29, 0.717) is 27.9 Å². The van der Waals surface area contributed by atoms with Gasteiger partial charge in [-0.15, -0.1) is 11.3 Å². The molecule has 2 heterocycles. The second-order valence-electron chi connectivity index (χ2n) is 7.45. The first-order valence-corrected chi connectivity index (χ1v) is 11.8. The van der Waals surface area contributed by atoms with Gasteiger partial charge in [-0.25, -0.2) is 4.98 Å². The fourth-order valence-corrected chi connectivity index (χ4v) is 4.83. The van der Waals surface area contributed by atoms with E-state index >= 15 is 0 Å². The van der Waals surface area contributed by atoms with E-state index in [9.17, 15) is 9.59 Å². The molecule has 0 atom stereocenters. The highest BCUT2D eigenvalue weighted by atomic mass is 35.5. The Morgan fingerprint density at radius 3 is 2.70 bits per heavy atom. The number of aryl methyl sites for hydroxylation is 1. The van der Waals surface area contributed by atoms with Crippen molar-refractivity contribution in [1.29, 1.82) is 0 Å². The molecular weight excluding hydrogens is 481 g/mol. The number of nitrogens with zero attached hydrogens (tertiary/aromatic N) is 2. The van der Waals surface area contributed by atoms with Gasteiger partial charge in [-0.3, -0.25) is 9.59 Å². The quantitative estimate of drug-likeness (QED) is 0.326. The normalized spacial score (nSPS) is 11.0. The molecule has 170 valence electrons. The van der Waals surface area contributed by atoms with E-state index < -0.39 is 5.97 Å². The van der Waals surface area contributed by atoms with Crippen molar-refractivity contribution >= 4 is 57.3 Å². The molecule has 1 N–H and O–H groups in total. The molecule has 0 fully saturated rings. The highest BCUT2D eigenvalue weighted by Gasteiger charge is 2.26. The molecule has 0 saturated heterocycles. The lowest BCUT2D eigenvalue weighted by molar-refractivity contribution is -0.141. The van der Waals surface area contributed by atoms with Gasteiger partial charge < -0.3 is 14.6 Å². The highest BCUT2D eigenvalue weighted by molar-refractivity contribution is 7.15. The monoisotopic (exact) mass is 501 g/mol. The van der Waals surface area contributed by atoms with E-state index in [-0.39, 0.29) is 18.1 Å². The standard InChI is InChI=1S/C24H21Cl2N3O3S/c1-14-28-22(23(33-14)15-7-8-18(25)19(26)11-15)24(31)29(13-21(30)32-2)10-9-16-12-27-20-6-4-3-5-17(16)20/h3-8,11-12,27H,9-10,13H2,1-2H3. The zero-order valence-electron chi connectivity index (χ0n) is 18.0. The zero-order valence-corrected chi connectivity index (χ0v) is 20.4. The number of esters is 1. The lowest BCUT2D eigenvalue weighted by atomic mass is 10.1. The van der Waals surface area contributed by atoms with E-state index in [0.717, 1.165) is 27.0 Å². The number of fused-ring (bicyclic) bond motifs is 1. The summed E-state index contributed by atoms with van der Waals surface area (Å²) in [6, 6.07) is 13.2. The number of para-hydroxylation sites is 1.